The highest BCUT2D eigenvalue weighted by Crippen LogP contribution is 2.41. The molecular weight excluding hydrogens is 244 g/mol. The van der Waals surface area contributed by atoms with Crippen LogP contribution in [0.3, 0.4) is 0 Å². The topological polar surface area (TPSA) is 29.3 Å². The Morgan fingerprint density at radius 3 is 2.56 bits per heavy atom. The van der Waals surface area contributed by atoms with Gasteiger partial charge in [-0.05, 0) is 56.3 Å². The third kappa shape index (κ3) is 2.18. The van der Waals surface area contributed by atoms with Gasteiger partial charge in [0.15, 0.2) is 0 Å². The van der Waals surface area contributed by atoms with Gasteiger partial charge < -0.3 is 10.6 Å². The Labute approximate surface area is 114 Å². The fourth-order valence-electron chi connectivity index (χ4n) is 3.73. The summed E-state index contributed by atoms with van der Waals surface area (Å²) in [7, 11) is 2.27. The first-order valence-electron chi connectivity index (χ1n) is 6.88. The second kappa shape index (κ2) is 4.84. The van der Waals surface area contributed by atoms with Gasteiger partial charge in [-0.15, -0.1) is 0 Å². The summed E-state index contributed by atoms with van der Waals surface area (Å²) < 4.78 is 0. The van der Waals surface area contributed by atoms with Crippen molar-refractivity contribution in [3.63, 3.8) is 0 Å². The lowest BCUT2D eigenvalue weighted by atomic mass is 9.82. The van der Waals surface area contributed by atoms with Crippen molar-refractivity contribution in [3.8, 4) is 0 Å². The number of halogens is 1. The van der Waals surface area contributed by atoms with E-state index in [1.165, 1.54) is 31.2 Å². The number of hydrogen-bond acceptors (Lipinski definition) is 2. The minimum Gasteiger partial charge on any atom is -0.324 e. The van der Waals surface area contributed by atoms with Gasteiger partial charge in [0.1, 0.15) is 0 Å². The highest BCUT2D eigenvalue weighted by molar-refractivity contribution is 6.30. The van der Waals surface area contributed by atoms with Crippen molar-refractivity contribution in [2.45, 2.75) is 43.8 Å². The number of piperidine rings is 1. The van der Waals surface area contributed by atoms with Gasteiger partial charge in [0.05, 0.1) is 0 Å². The molecule has 3 unspecified atom stereocenters. The van der Waals surface area contributed by atoms with Crippen molar-refractivity contribution in [2.24, 2.45) is 11.7 Å². The van der Waals surface area contributed by atoms with Crippen LogP contribution < -0.4 is 5.73 Å². The average molecular weight is 265 g/mol. The van der Waals surface area contributed by atoms with Crippen molar-refractivity contribution in [1.82, 2.24) is 4.90 Å². The molecule has 0 radical (unpaired) electrons. The molecule has 3 rings (SSSR count). The third-order valence-electron chi connectivity index (χ3n) is 4.88. The SMILES string of the molecule is CN1C2CCC1CC(C(N)c1cccc(Cl)c1)C2. The molecule has 1 aromatic rings. The summed E-state index contributed by atoms with van der Waals surface area (Å²) in [6, 6.07) is 9.68. The van der Waals surface area contributed by atoms with E-state index in [-0.39, 0.29) is 6.04 Å². The van der Waals surface area contributed by atoms with Gasteiger partial charge in [-0.3, -0.25) is 0 Å². The van der Waals surface area contributed by atoms with Crippen LogP contribution in [0, 0.1) is 5.92 Å². The minimum absolute atomic E-state index is 0.139. The lowest BCUT2D eigenvalue weighted by molar-refractivity contribution is 0.121. The molecule has 0 amide bonds. The van der Waals surface area contributed by atoms with Crippen LogP contribution in [0.1, 0.15) is 37.3 Å². The molecule has 2 saturated heterocycles. The van der Waals surface area contributed by atoms with Crippen molar-refractivity contribution < 1.29 is 0 Å². The van der Waals surface area contributed by atoms with E-state index in [0.717, 1.165) is 17.1 Å². The van der Waals surface area contributed by atoms with Crippen LogP contribution in [-0.4, -0.2) is 24.0 Å². The molecule has 0 aliphatic carbocycles. The van der Waals surface area contributed by atoms with Gasteiger partial charge in [-0.2, -0.15) is 0 Å². The van der Waals surface area contributed by atoms with Crippen LogP contribution in [0.25, 0.3) is 0 Å². The molecule has 1 aromatic carbocycles. The van der Waals surface area contributed by atoms with Crippen LogP contribution in [-0.2, 0) is 0 Å². The number of rotatable bonds is 2. The Morgan fingerprint density at radius 1 is 1.28 bits per heavy atom. The fourth-order valence-corrected chi connectivity index (χ4v) is 3.93. The molecule has 2 N–H and O–H groups in total. The maximum Gasteiger partial charge on any atom is 0.0409 e. The minimum atomic E-state index is 0.139. The van der Waals surface area contributed by atoms with Crippen LogP contribution in [0.5, 0.6) is 0 Å². The number of hydrogen-bond donors (Lipinski definition) is 1. The Bertz CT molecular complexity index is 420. The Morgan fingerprint density at radius 2 is 1.94 bits per heavy atom. The molecule has 2 heterocycles. The van der Waals surface area contributed by atoms with Crippen molar-refractivity contribution in [1.29, 1.82) is 0 Å². The van der Waals surface area contributed by atoms with Crippen molar-refractivity contribution in [2.75, 3.05) is 7.05 Å². The molecule has 2 bridgehead atoms. The van der Waals surface area contributed by atoms with E-state index in [1.807, 2.05) is 18.2 Å². The summed E-state index contributed by atoms with van der Waals surface area (Å²) in [6.45, 7) is 0. The zero-order chi connectivity index (χ0) is 12.7. The van der Waals surface area contributed by atoms with E-state index in [4.69, 9.17) is 17.3 Å². The van der Waals surface area contributed by atoms with E-state index >= 15 is 0 Å². The van der Waals surface area contributed by atoms with Crippen molar-refractivity contribution in [3.05, 3.63) is 34.9 Å². The number of nitrogens with two attached hydrogens (primary N) is 1. The largest absolute Gasteiger partial charge is 0.324 e. The lowest BCUT2D eigenvalue weighted by Crippen LogP contribution is -2.42. The fraction of sp³-hybridized carbons (Fsp3) is 0.600. The summed E-state index contributed by atoms with van der Waals surface area (Å²) in [5, 5.41) is 0.791. The summed E-state index contributed by atoms with van der Waals surface area (Å²) >= 11 is 6.06. The number of fused-ring (bicyclic) bond motifs is 2. The first-order valence-corrected chi connectivity index (χ1v) is 7.26. The zero-order valence-electron chi connectivity index (χ0n) is 10.8. The molecule has 2 fully saturated rings. The van der Waals surface area contributed by atoms with Gasteiger partial charge in [-0.25, -0.2) is 0 Å². The predicted octanol–water partition coefficient (Wildman–Crippen LogP) is 3.21. The van der Waals surface area contributed by atoms with Gasteiger partial charge >= 0.3 is 0 Å². The molecule has 2 nitrogen and oxygen atoms in total. The zero-order valence-corrected chi connectivity index (χ0v) is 11.6. The maximum absolute atomic E-state index is 6.46. The summed E-state index contributed by atoms with van der Waals surface area (Å²) in [4.78, 5) is 2.56. The maximum atomic E-state index is 6.46. The van der Waals surface area contributed by atoms with E-state index in [0.29, 0.717) is 5.92 Å². The second-order valence-corrected chi connectivity index (χ2v) is 6.30. The summed E-state index contributed by atoms with van der Waals surface area (Å²) in [6.07, 6.45) is 5.17. The quantitative estimate of drug-likeness (QED) is 0.889. The highest BCUT2D eigenvalue weighted by Gasteiger charge is 2.40. The van der Waals surface area contributed by atoms with E-state index in [9.17, 15) is 0 Å². The normalized spacial score (nSPS) is 33.6. The number of nitrogens with zero attached hydrogens (tertiary/aromatic N) is 1. The standard InChI is InChI=1S/C15H21ClN2/c1-18-13-5-6-14(18)9-11(8-13)15(17)10-3-2-4-12(16)7-10/h2-4,7,11,13-15H,5-6,8-9,17H2,1H3. The Hall–Kier alpha value is -0.570. The molecular formula is C15H21ClN2. The van der Waals surface area contributed by atoms with E-state index in [1.54, 1.807) is 0 Å². The first kappa shape index (κ1) is 12.5. The van der Waals surface area contributed by atoms with Gasteiger partial charge in [-0.1, -0.05) is 23.7 Å². The van der Waals surface area contributed by atoms with Gasteiger partial charge in [0, 0.05) is 23.1 Å². The molecule has 3 heteroatoms. The first-order chi connectivity index (χ1) is 8.65. The van der Waals surface area contributed by atoms with Gasteiger partial charge in [0.2, 0.25) is 0 Å². The Balaban J connectivity index is 1.76. The molecule has 3 atom stereocenters. The molecule has 18 heavy (non-hydrogen) atoms. The number of benzene rings is 1. The molecule has 2 aliphatic rings. The highest BCUT2D eigenvalue weighted by atomic mass is 35.5. The van der Waals surface area contributed by atoms with Crippen LogP contribution in [0.15, 0.2) is 24.3 Å². The molecule has 98 valence electrons. The van der Waals surface area contributed by atoms with Crippen LogP contribution in [0.4, 0.5) is 0 Å². The van der Waals surface area contributed by atoms with Crippen LogP contribution in [0.2, 0.25) is 5.02 Å². The monoisotopic (exact) mass is 264 g/mol. The lowest BCUT2D eigenvalue weighted by Gasteiger charge is -2.38. The molecule has 0 spiro atoms. The van der Waals surface area contributed by atoms with Crippen LogP contribution >= 0.6 is 11.6 Å². The smallest absolute Gasteiger partial charge is 0.0409 e. The predicted molar refractivity (Wildman–Crippen MR) is 75.7 cm³/mol. The summed E-state index contributed by atoms with van der Waals surface area (Å²) in [5.41, 5.74) is 7.65. The molecule has 0 saturated carbocycles. The van der Waals surface area contributed by atoms with Gasteiger partial charge in [0.25, 0.3) is 0 Å². The molecule has 0 aromatic heterocycles. The average Bonchev–Trinajstić information content (AvgIpc) is 2.61. The van der Waals surface area contributed by atoms with E-state index in [2.05, 4.69) is 18.0 Å². The van der Waals surface area contributed by atoms with Crippen molar-refractivity contribution >= 4 is 11.6 Å². The van der Waals surface area contributed by atoms with E-state index < -0.39 is 0 Å². The summed E-state index contributed by atoms with van der Waals surface area (Å²) in [5.74, 6) is 0.608. The third-order valence-corrected chi connectivity index (χ3v) is 5.11. The molecule has 2 aliphatic heterocycles. The Kier molecular flexibility index (Phi) is 3.35. The second-order valence-electron chi connectivity index (χ2n) is 5.86.